The van der Waals surface area contributed by atoms with Crippen LogP contribution in [0.25, 0.3) is 11.1 Å². The van der Waals surface area contributed by atoms with Crippen LogP contribution in [0.3, 0.4) is 0 Å². The number of rotatable bonds is 8. The highest BCUT2D eigenvalue weighted by Gasteiger charge is 2.32. The summed E-state index contributed by atoms with van der Waals surface area (Å²) in [5.74, 6) is 0.0987. The summed E-state index contributed by atoms with van der Waals surface area (Å²) in [5, 5.41) is 6.89. The Morgan fingerprint density at radius 2 is 1.48 bits per heavy atom. The molecule has 0 aromatic heterocycles. The standard InChI is InChI=1S/C12H18N2O4S2.CH2O2/c1-3-7-19(15,16)13-10-6-5-9-11(10)12(9)14-20(17,18)8-4-2;2-1-3/h5-6,13-14H,3-4,7-8H2,1-2H3;1H,(H,2,3). The van der Waals surface area contributed by atoms with Crippen LogP contribution in [0.4, 0.5) is 11.4 Å². The van der Waals surface area contributed by atoms with Gasteiger partial charge in [-0.1, -0.05) is 13.8 Å². The van der Waals surface area contributed by atoms with Crippen LogP contribution in [-0.2, 0) is 24.8 Å². The molecule has 10 heteroatoms. The molecule has 0 aliphatic heterocycles. The quantitative estimate of drug-likeness (QED) is 0.611. The van der Waals surface area contributed by atoms with Crippen molar-refractivity contribution in [2.75, 3.05) is 20.9 Å². The predicted octanol–water partition coefficient (Wildman–Crippen LogP) is 1.67. The summed E-state index contributed by atoms with van der Waals surface area (Å²) in [6, 6.07) is 3.36. The van der Waals surface area contributed by atoms with Gasteiger partial charge in [-0.2, -0.15) is 0 Å². The second-order valence-corrected chi connectivity index (χ2v) is 8.54. The maximum absolute atomic E-state index is 11.7. The largest absolute Gasteiger partial charge is 0.483 e. The second-order valence-electron chi connectivity index (χ2n) is 4.86. The van der Waals surface area contributed by atoms with Crippen LogP contribution in [0.15, 0.2) is 12.1 Å². The normalized spacial score (nSPS) is 11.9. The third-order valence-corrected chi connectivity index (χ3v) is 5.82. The van der Waals surface area contributed by atoms with Gasteiger partial charge in [-0.25, -0.2) is 16.8 Å². The monoisotopic (exact) mass is 364 g/mol. The Bertz CT molecular complexity index is 772. The summed E-state index contributed by atoms with van der Waals surface area (Å²) in [4.78, 5) is 8.36. The van der Waals surface area contributed by atoms with Crippen molar-refractivity contribution in [1.29, 1.82) is 0 Å². The summed E-state index contributed by atoms with van der Waals surface area (Å²) >= 11 is 0. The van der Waals surface area contributed by atoms with Crippen LogP contribution in [0.2, 0.25) is 0 Å². The van der Waals surface area contributed by atoms with Crippen LogP contribution >= 0.6 is 0 Å². The van der Waals surface area contributed by atoms with E-state index < -0.39 is 20.0 Å². The average molecular weight is 364 g/mol. The highest BCUT2D eigenvalue weighted by molar-refractivity contribution is 7.93. The van der Waals surface area contributed by atoms with E-state index in [1.807, 2.05) is 0 Å². The second kappa shape index (κ2) is 7.64. The smallest absolute Gasteiger partial charge is 0.290 e. The fourth-order valence-electron chi connectivity index (χ4n) is 2.05. The van der Waals surface area contributed by atoms with Crippen LogP contribution in [0.1, 0.15) is 26.7 Å². The lowest BCUT2D eigenvalue weighted by Gasteiger charge is -2.05. The minimum atomic E-state index is -3.36. The van der Waals surface area contributed by atoms with Gasteiger partial charge in [-0.05, 0) is 25.0 Å². The number of hydrogen-bond acceptors (Lipinski definition) is 5. The highest BCUT2D eigenvalue weighted by Crippen LogP contribution is 2.55. The van der Waals surface area contributed by atoms with Crippen molar-refractivity contribution in [2.24, 2.45) is 0 Å². The average Bonchev–Trinajstić information content (AvgIpc) is 2.88. The number of benzene rings is 1. The zero-order valence-corrected chi connectivity index (χ0v) is 14.5. The van der Waals surface area contributed by atoms with Crippen molar-refractivity contribution in [3.8, 4) is 11.1 Å². The van der Waals surface area contributed by atoms with E-state index in [0.29, 0.717) is 29.8 Å². The Morgan fingerprint density at radius 3 is 1.96 bits per heavy atom. The van der Waals surface area contributed by atoms with Gasteiger partial charge < -0.3 is 5.11 Å². The SMILES string of the molecule is CCCS(=O)(=O)Nc1ccc2c(NS(=O)(=O)CCC)c1-2.O=CO. The molecule has 0 amide bonds. The Labute approximate surface area is 136 Å². The van der Waals surface area contributed by atoms with Crippen LogP contribution in [0.5, 0.6) is 0 Å². The Hall–Kier alpha value is -1.81. The maximum Gasteiger partial charge on any atom is 0.290 e. The molecule has 8 nitrogen and oxygen atoms in total. The van der Waals surface area contributed by atoms with Gasteiger partial charge in [0.15, 0.2) is 0 Å². The highest BCUT2D eigenvalue weighted by atomic mass is 32.2. The maximum atomic E-state index is 11.7. The molecule has 0 atom stereocenters. The fraction of sp³-hybridized carbons (Fsp3) is 0.462. The van der Waals surface area contributed by atoms with E-state index in [0.717, 1.165) is 5.56 Å². The zero-order chi connectivity index (χ0) is 17.7. The molecule has 0 spiro atoms. The topological polar surface area (TPSA) is 130 Å². The number of hydrogen-bond donors (Lipinski definition) is 3. The van der Waals surface area contributed by atoms with Gasteiger partial charge >= 0.3 is 0 Å². The zero-order valence-electron chi connectivity index (χ0n) is 12.9. The molecule has 130 valence electrons. The van der Waals surface area contributed by atoms with Gasteiger partial charge in [-0.15, -0.1) is 0 Å². The van der Waals surface area contributed by atoms with E-state index in [2.05, 4.69) is 9.44 Å². The number of fused-ring (bicyclic) bond motifs is 1. The van der Waals surface area contributed by atoms with Gasteiger partial charge in [-0.3, -0.25) is 14.2 Å². The van der Waals surface area contributed by atoms with E-state index >= 15 is 0 Å². The molecule has 0 radical (unpaired) electrons. The first-order chi connectivity index (χ1) is 10.7. The van der Waals surface area contributed by atoms with E-state index in [-0.39, 0.29) is 18.0 Å². The lowest BCUT2D eigenvalue weighted by atomic mass is 10.5. The van der Waals surface area contributed by atoms with E-state index in [9.17, 15) is 16.8 Å². The first-order valence-corrected chi connectivity index (χ1v) is 10.3. The lowest BCUT2D eigenvalue weighted by Crippen LogP contribution is -2.16. The van der Waals surface area contributed by atoms with Crippen molar-refractivity contribution < 1.29 is 26.7 Å². The van der Waals surface area contributed by atoms with E-state index in [4.69, 9.17) is 9.90 Å². The number of anilines is 2. The molecule has 0 unspecified atom stereocenters. The third-order valence-electron chi connectivity index (χ3n) is 2.88. The van der Waals surface area contributed by atoms with Crippen LogP contribution < -0.4 is 9.44 Å². The van der Waals surface area contributed by atoms with Crippen molar-refractivity contribution >= 4 is 37.9 Å². The molecule has 0 fully saturated rings. The molecule has 0 bridgehead atoms. The summed E-state index contributed by atoms with van der Waals surface area (Å²) < 4.78 is 51.7. The van der Waals surface area contributed by atoms with Crippen LogP contribution in [-0.4, -0.2) is 39.9 Å². The molecule has 23 heavy (non-hydrogen) atoms. The van der Waals surface area contributed by atoms with E-state index in [1.165, 1.54) is 0 Å². The first kappa shape index (κ1) is 19.2. The summed E-state index contributed by atoms with van der Waals surface area (Å²) in [5.41, 5.74) is 2.38. The summed E-state index contributed by atoms with van der Waals surface area (Å²) in [7, 11) is -6.70. The number of carboxylic acid groups (broad SMARTS) is 1. The first-order valence-electron chi connectivity index (χ1n) is 6.97. The Balaban J connectivity index is 0.000000816. The van der Waals surface area contributed by atoms with Gasteiger partial charge in [0.25, 0.3) is 6.47 Å². The minimum Gasteiger partial charge on any atom is -0.483 e. The number of nitrogens with one attached hydrogen (secondary N) is 2. The van der Waals surface area contributed by atoms with Crippen molar-refractivity contribution in [2.45, 2.75) is 26.7 Å². The molecule has 3 N–H and O–H groups in total. The number of sulfonamides is 2. The third kappa shape index (κ3) is 5.39. The summed E-state index contributed by atoms with van der Waals surface area (Å²) in [6.45, 7) is 3.32. The molecule has 0 saturated heterocycles. The lowest BCUT2D eigenvalue weighted by molar-refractivity contribution is -0.122. The van der Waals surface area contributed by atoms with Gasteiger partial charge in [0.1, 0.15) is 0 Å². The minimum absolute atomic E-state index is 0.0455. The molecular formula is C13H20N2O6S2. The van der Waals surface area contributed by atoms with Crippen LogP contribution in [0, 0.1) is 0 Å². The molecule has 0 saturated carbocycles. The molecular weight excluding hydrogens is 344 g/mol. The van der Waals surface area contributed by atoms with Gasteiger partial charge in [0.05, 0.1) is 22.9 Å². The van der Waals surface area contributed by atoms with E-state index in [1.54, 1.807) is 26.0 Å². The fourth-order valence-corrected chi connectivity index (χ4v) is 4.36. The molecule has 0 aromatic carbocycles. The molecule has 2 aliphatic rings. The Kier molecular flexibility index (Phi) is 6.39. The van der Waals surface area contributed by atoms with Crippen molar-refractivity contribution in [3.63, 3.8) is 0 Å². The predicted molar refractivity (Wildman–Crippen MR) is 89.5 cm³/mol. The van der Waals surface area contributed by atoms with Crippen molar-refractivity contribution in [3.05, 3.63) is 12.1 Å². The summed E-state index contributed by atoms with van der Waals surface area (Å²) in [6.07, 6.45) is 1.06. The van der Waals surface area contributed by atoms with Gasteiger partial charge in [0.2, 0.25) is 20.0 Å². The number of carbonyl (C=O) groups is 1. The molecule has 0 aromatic rings. The molecule has 0 heterocycles. The molecule has 2 aliphatic carbocycles. The van der Waals surface area contributed by atoms with Crippen molar-refractivity contribution in [1.82, 2.24) is 0 Å². The Morgan fingerprint density at radius 1 is 1.00 bits per heavy atom. The van der Waals surface area contributed by atoms with Gasteiger partial charge in [0, 0.05) is 11.1 Å². The molecule has 2 rings (SSSR count).